The molecule has 5 nitrogen and oxygen atoms in total. The highest BCUT2D eigenvalue weighted by Gasteiger charge is 2.26. The zero-order valence-electron chi connectivity index (χ0n) is 9.83. The predicted molar refractivity (Wildman–Crippen MR) is 66.3 cm³/mol. The lowest BCUT2D eigenvalue weighted by atomic mass is 10.2. The van der Waals surface area contributed by atoms with Crippen molar-refractivity contribution in [1.82, 2.24) is 15.3 Å². The van der Waals surface area contributed by atoms with Gasteiger partial charge in [-0.1, -0.05) is 0 Å². The van der Waals surface area contributed by atoms with Gasteiger partial charge in [0.15, 0.2) is 0 Å². The Bertz CT molecular complexity index is 446. The van der Waals surface area contributed by atoms with Gasteiger partial charge in [0.2, 0.25) is 0 Å². The molecule has 0 spiro atoms. The second kappa shape index (κ2) is 4.49. The number of aromatic nitrogens is 2. The number of rotatable bonds is 4. The Morgan fingerprint density at radius 2 is 2.29 bits per heavy atom. The van der Waals surface area contributed by atoms with E-state index in [2.05, 4.69) is 20.6 Å². The van der Waals surface area contributed by atoms with Gasteiger partial charge in [0.25, 0.3) is 5.56 Å². The van der Waals surface area contributed by atoms with Gasteiger partial charge in [0, 0.05) is 24.6 Å². The molecule has 1 saturated heterocycles. The third-order valence-corrected chi connectivity index (χ3v) is 3.42. The lowest BCUT2D eigenvalue weighted by Gasteiger charge is -2.12. The van der Waals surface area contributed by atoms with Crippen LogP contribution in [0.4, 0.5) is 5.82 Å². The van der Waals surface area contributed by atoms with Gasteiger partial charge < -0.3 is 15.6 Å². The van der Waals surface area contributed by atoms with Crippen LogP contribution in [0.2, 0.25) is 0 Å². The molecule has 2 heterocycles. The molecule has 0 aromatic carbocycles. The maximum absolute atomic E-state index is 11.5. The van der Waals surface area contributed by atoms with Crippen LogP contribution in [-0.4, -0.2) is 29.1 Å². The minimum Gasteiger partial charge on any atom is -0.368 e. The molecule has 1 aromatic rings. The molecule has 1 saturated carbocycles. The molecule has 1 aromatic heterocycles. The molecule has 2 fully saturated rings. The van der Waals surface area contributed by atoms with Crippen LogP contribution < -0.4 is 16.2 Å². The Morgan fingerprint density at radius 3 is 3.00 bits per heavy atom. The van der Waals surface area contributed by atoms with Gasteiger partial charge >= 0.3 is 0 Å². The fourth-order valence-electron chi connectivity index (χ4n) is 2.28. The Labute approximate surface area is 100 Å². The summed E-state index contributed by atoms with van der Waals surface area (Å²) in [7, 11) is 0. The quantitative estimate of drug-likeness (QED) is 0.721. The molecule has 2 aliphatic rings. The van der Waals surface area contributed by atoms with E-state index in [0.29, 0.717) is 17.8 Å². The topological polar surface area (TPSA) is 69.8 Å². The van der Waals surface area contributed by atoms with E-state index in [1.807, 2.05) is 0 Å². The monoisotopic (exact) mass is 234 g/mol. The smallest absolute Gasteiger partial charge is 0.252 e. The predicted octanol–water partition coefficient (Wildman–Crippen LogP) is 0.811. The fraction of sp³-hybridized carbons (Fsp3) is 0.667. The average molecular weight is 234 g/mol. The first-order chi connectivity index (χ1) is 8.31. The molecule has 5 heteroatoms. The summed E-state index contributed by atoms with van der Waals surface area (Å²) in [5, 5.41) is 6.67. The first-order valence-corrected chi connectivity index (χ1v) is 6.40. The van der Waals surface area contributed by atoms with E-state index in [1.54, 1.807) is 6.07 Å². The minimum absolute atomic E-state index is 0.0521. The zero-order chi connectivity index (χ0) is 11.7. The summed E-state index contributed by atoms with van der Waals surface area (Å²) in [5.41, 5.74) is -0.0521. The van der Waals surface area contributed by atoms with Crippen molar-refractivity contribution in [3.63, 3.8) is 0 Å². The first-order valence-electron chi connectivity index (χ1n) is 6.40. The van der Waals surface area contributed by atoms with Gasteiger partial charge in [-0.2, -0.15) is 0 Å². The molecule has 1 unspecified atom stereocenters. The Morgan fingerprint density at radius 1 is 1.41 bits per heavy atom. The number of nitrogens with zero attached hydrogens (tertiary/aromatic N) is 1. The van der Waals surface area contributed by atoms with E-state index in [4.69, 9.17) is 0 Å². The average Bonchev–Trinajstić information content (AvgIpc) is 3.04. The summed E-state index contributed by atoms with van der Waals surface area (Å²) in [6.45, 7) is 1.95. The van der Waals surface area contributed by atoms with Crippen LogP contribution in [0.3, 0.4) is 0 Å². The molecule has 1 aliphatic heterocycles. The normalized spacial score (nSPS) is 23.9. The summed E-state index contributed by atoms with van der Waals surface area (Å²) in [4.78, 5) is 18.8. The van der Waals surface area contributed by atoms with Crippen LogP contribution in [-0.2, 0) is 0 Å². The van der Waals surface area contributed by atoms with Gasteiger partial charge in [-0.05, 0) is 32.2 Å². The van der Waals surface area contributed by atoms with E-state index in [9.17, 15) is 4.79 Å². The lowest BCUT2D eigenvalue weighted by Crippen LogP contribution is -2.30. The fourth-order valence-corrected chi connectivity index (χ4v) is 2.28. The molecule has 0 amide bonds. The standard InChI is InChI=1S/C12H18N4O/c17-11-6-10(14-7-9-2-1-5-13-9)15-12(16-11)8-3-4-8/h6,8-9,13H,1-5,7H2,(H2,14,15,16,17). The molecule has 92 valence electrons. The van der Waals surface area contributed by atoms with Crippen LogP contribution in [0, 0.1) is 0 Å². The Hall–Kier alpha value is -1.36. The second-order valence-corrected chi connectivity index (χ2v) is 4.96. The Balaban J connectivity index is 1.66. The van der Waals surface area contributed by atoms with Gasteiger partial charge in [-0.25, -0.2) is 4.98 Å². The van der Waals surface area contributed by atoms with Crippen molar-refractivity contribution >= 4 is 5.82 Å². The van der Waals surface area contributed by atoms with Crippen LogP contribution in [0.25, 0.3) is 0 Å². The zero-order valence-corrected chi connectivity index (χ0v) is 9.83. The van der Waals surface area contributed by atoms with E-state index in [-0.39, 0.29) is 5.56 Å². The largest absolute Gasteiger partial charge is 0.368 e. The van der Waals surface area contributed by atoms with Gasteiger partial charge in [0.05, 0.1) is 0 Å². The molecule has 0 bridgehead atoms. The van der Waals surface area contributed by atoms with Crippen molar-refractivity contribution in [3.8, 4) is 0 Å². The number of anilines is 1. The van der Waals surface area contributed by atoms with Crippen molar-refractivity contribution in [2.45, 2.75) is 37.6 Å². The number of hydrogen-bond acceptors (Lipinski definition) is 4. The molecular weight excluding hydrogens is 216 g/mol. The van der Waals surface area contributed by atoms with Crippen LogP contribution in [0.15, 0.2) is 10.9 Å². The molecule has 3 rings (SSSR count). The molecule has 1 aliphatic carbocycles. The van der Waals surface area contributed by atoms with Crippen LogP contribution >= 0.6 is 0 Å². The maximum atomic E-state index is 11.5. The minimum atomic E-state index is -0.0521. The second-order valence-electron chi connectivity index (χ2n) is 4.96. The molecule has 17 heavy (non-hydrogen) atoms. The highest BCUT2D eigenvalue weighted by molar-refractivity contribution is 5.34. The number of nitrogens with one attached hydrogen (secondary N) is 3. The maximum Gasteiger partial charge on any atom is 0.252 e. The van der Waals surface area contributed by atoms with Gasteiger partial charge in [-0.15, -0.1) is 0 Å². The summed E-state index contributed by atoms with van der Waals surface area (Å²) in [6.07, 6.45) is 4.74. The van der Waals surface area contributed by atoms with Gasteiger partial charge in [0.1, 0.15) is 11.6 Å². The Kier molecular flexibility index (Phi) is 2.84. The van der Waals surface area contributed by atoms with Crippen molar-refractivity contribution in [2.75, 3.05) is 18.4 Å². The van der Waals surface area contributed by atoms with Crippen molar-refractivity contribution < 1.29 is 0 Å². The van der Waals surface area contributed by atoms with E-state index >= 15 is 0 Å². The van der Waals surface area contributed by atoms with Crippen molar-refractivity contribution in [2.24, 2.45) is 0 Å². The highest BCUT2D eigenvalue weighted by atomic mass is 16.1. The highest BCUT2D eigenvalue weighted by Crippen LogP contribution is 2.37. The van der Waals surface area contributed by atoms with Crippen LogP contribution in [0.1, 0.15) is 37.4 Å². The summed E-state index contributed by atoms with van der Waals surface area (Å²) >= 11 is 0. The third-order valence-electron chi connectivity index (χ3n) is 3.42. The number of H-pyrrole nitrogens is 1. The summed E-state index contributed by atoms with van der Waals surface area (Å²) < 4.78 is 0. The third kappa shape index (κ3) is 2.66. The summed E-state index contributed by atoms with van der Waals surface area (Å²) in [6, 6.07) is 2.06. The van der Waals surface area contributed by atoms with Crippen molar-refractivity contribution in [1.29, 1.82) is 0 Å². The van der Waals surface area contributed by atoms with Crippen molar-refractivity contribution in [3.05, 3.63) is 22.2 Å². The lowest BCUT2D eigenvalue weighted by molar-refractivity contribution is 0.632. The van der Waals surface area contributed by atoms with E-state index < -0.39 is 0 Å². The molecule has 3 N–H and O–H groups in total. The number of aromatic amines is 1. The van der Waals surface area contributed by atoms with E-state index in [0.717, 1.165) is 31.8 Å². The number of hydrogen-bond donors (Lipinski definition) is 3. The van der Waals surface area contributed by atoms with Gasteiger partial charge in [-0.3, -0.25) is 4.79 Å². The summed E-state index contributed by atoms with van der Waals surface area (Å²) in [5.74, 6) is 2.04. The molecular formula is C12H18N4O. The van der Waals surface area contributed by atoms with E-state index in [1.165, 1.54) is 12.8 Å². The van der Waals surface area contributed by atoms with Crippen LogP contribution in [0.5, 0.6) is 0 Å². The SMILES string of the molecule is O=c1cc(NCC2CCCN2)nc(C2CC2)[nH]1. The molecule has 0 radical (unpaired) electrons. The molecule has 1 atom stereocenters. The first kappa shape index (κ1) is 10.8.